The maximum absolute atomic E-state index is 5.66. The molecule has 0 atom stereocenters. The second-order valence-corrected chi connectivity index (χ2v) is 5.16. The number of aromatic nitrogens is 2. The summed E-state index contributed by atoms with van der Waals surface area (Å²) in [6, 6.07) is 10.6. The standard InChI is InChI=1S/C15H20N4/c1-18-15-11-19(9-12-5-3-2-4-6-12)10-13(15)14(17-18)7-8-16/h2-6H,7-11,16H2,1H3. The van der Waals surface area contributed by atoms with E-state index in [2.05, 4.69) is 40.3 Å². The Morgan fingerprint density at radius 1 is 1.21 bits per heavy atom. The Kier molecular flexibility index (Phi) is 3.36. The van der Waals surface area contributed by atoms with Crippen LogP contribution in [0, 0.1) is 0 Å². The van der Waals surface area contributed by atoms with E-state index in [0.29, 0.717) is 6.54 Å². The molecule has 0 unspecified atom stereocenters. The van der Waals surface area contributed by atoms with Gasteiger partial charge < -0.3 is 5.73 Å². The minimum absolute atomic E-state index is 0.669. The van der Waals surface area contributed by atoms with Crippen LogP contribution in [0.25, 0.3) is 0 Å². The molecule has 1 aliphatic rings. The molecular formula is C15H20N4. The van der Waals surface area contributed by atoms with Gasteiger partial charge in [0, 0.05) is 38.7 Å². The minimum atomic E-state index is 0.669. The average Bonchev–Trinajstić information content (AvgIpc) is 2.93. The molecule has 0 aliphatic carbocycles. The number of hydrogen-bond donors (Lipinski definition) is 1. The lowest BCUT2D eigenvalue weighted by Gasteiger charge is -2.15. The SMILES string of the molecule is Cn1nc(CCN)c2c1CN(Cc1ccccc1)C2. The van der Waals surface area contributed by atoms with Gasteiger partial charge in [0.1, 0.15) is 0 Å². The van der Waals surface area contributed by atoms with Gasteiger partial charge in [-0.15, -0.1) is 0 Å². The topological polar surface area (TPSA) is 47.1 Å². The minimum Gasteiger partial charge on any atom is -0.330 e. The zero-order chi connectivity index (χ0) is 13.2. The number of nitrogens with zero attached hydrogens (tertiary/aromatic N) is 3. The van der Waals surface area contributed by atoms with E-state index in [1.165, 1.54) is 22.5 Å². The van der Waals surface area contributed by atoms with Gasteiger partial charge in [-0.25, -0.2) is 0 Å². The molecule has 0 saturated carbocycles. The Bertz CT molecular complexity index is 559. The quantitative estimate of drug-likeness (QED) is 0.900. The van der Waals surface area contributed by atoms with Crippen LogP contribution in [-0.4, -0.2) is 21.2 Å². The van der Waals surface area contributed by atoms with Crippen LogP contribution in [0.2, 0.25) is 0 Å². The fourth-order valence-corrected chi connectivity index (χ4v) is 2.83. The summed E-state index contributed by atoms with van der Waals surface area (Å²) in [5, 5.41) is 4.57. The van der Waals surface area contributed by atoms with Crippen molar-refractivity contribution in [2.75, 3.05) is 6.54 Å². The van der Waals surface area contributed by atoms with Crippen LogP contribution in [-0.2, 0) is 33.1 Å². The van der Waals surface area contributed by atoms with Crippen LogP contribution in [0.5, 0.6) is 0 Å². The normalized spacial score (nSPS) is 14.8. The van der Waals surface area contributed by atoms with Gasteiger partial charge in [0.15, 0.2) is 0 Å². The number of aryl methyl sites for hydroxylation is 1. The first-order valence-corrected chi connectivity index (χ1v) is 6.78. The summed E-state index contributed by atoms with van der Waals surface area (Å²) in [7, 11) is 2.03. The van der Waals surface area contributed by atoms with Crippen LogP contribution in [0.3, 0.4) is 0 Å². The van der Waals surface area contributed by atoms with Crippen LogP contribution in [0.1, 0.15) is 22.5 Å². The number of benzene rings is 1. The van der Waals surface area contributed by atoms with Crippen molar-refractivity contribution in [3.63, 3.8) is 0 Å². The lowest BCUT2D eigenvalue weighted by Crippen LogP contribution is -2.18. The first-order chi connectivity index (χ1) is 9.28. The maximum atomic E-state index is 5.66. The van der Waals surface area contributed by atoms with E-state index >= 15 is 0 Å². The highest BCUT2D eigenvalue weighted by molar-refractivity contribution is 5.30. The van der Waals surface area contributed by atoms with E-state index in [1.54, 1.807) is 0 Å². The molecule has 1 aromatic heterocycles. The van der Waals surface area contributed by atoms with Gasteiger partial charge in [0.2, 0.25) is 0 Å². The summed E-state index contributed by atoms with van der Waals surface area (Å²) in [5.41, 5.74) is 10.9. The third-order valence-corrected chi connectivity index (χ3v) is 3.74. The summed E-state index contributed by atoms with van der Waals surface area (Å²) in [4.78, 5) is 2.46. The third-order valence-electron chi connectivity index (χ3n) is 3.74. The van der Waals surface area contributed by atoms with Crippen LogP contribution in [0.4, 0.5) is 0 Å². The Morgan fingerprint density at radius 3 is 2.74 bits per heavy atom. The summed E-state index contributed by atoms with van der Waals surface area (Å²) >= 11 is 0. The van der Waals surface area contributed by atoms with Crippen LogP contribution in [0.15, 0.2) is 30.3 Å². The van der Waals surface area contributed by atoms with Crippen molar-refractivity contribution < 1.29 is 0 Å². The highest BCUT2D eigenvalue weighted by Crippen LogP contribution is 2.26. The molecular weight excluding hydrogens is 236 g/mol. The van der Waals surface area contributed by atoms with Gasteiger partial charge in [0.05, 0.1) is 11.4 Å². The molecule has 2 heterocycles. The van der Waals surface area contributed by atoms with Crippen molar-refractivity contribution in [2.24, 2.45) is 12.8 Å². The van der Waals surface area contributed by atoms with Crippen molar-refractivity contribution in [1.29, 1.82) is 0 Å². The molecule has 1 aromatic carbocycles. The molecule has 0 saturated heterocycles. The largest absolute Gasteiger partial charge is 0.330 e. The third kappa shape index (κ3) is 2.41. The monoisotopic (exact) mass is 256 g/mol. The van der Waals surface area contributed by atoms with E-state index in [4.69, 9.17) is 5.73 Å². The zero-order valence-electron chi connectivity index (χ0n) is 11.3. The van der Waals surface area contributed by atoms with Crippen molar-refractivity contribution in [2.45, 2.75) is 26.1 Å². The molecule has 100 valence electrons. The van der Waals surface area contributed by atoms with E-state index in [0.717, 1.165) is 26.1 Å². The zero-order valence-corrected chi connectivity index (χ0v) is 11.3. The molecule has 4 nitrogen and oxygen atoms in total. The molecule has 0 amide bonds. The molecule has 4 heteroatoms. The van der Waals surface area contributed by atoms with Gasteiger partial charge in [-0.3, -0.25) is 9.58 Å². The Labute approximate surface area is 113 Å². The Morgan fingerprint density at radius 2 is 2.00 bits per heavy atom. The summed E-state index contributed by atoms with van der Waals surface area (Å²) < 4.78 is 2.02. The number of rotatable bonds is 4. The molecule has 2 aromatic rings. The second kappa shape index (κ2) is 5.15. The molecule has 19 heavy (non-hydrogen) atoms. The second-order valence-electron chi connectivity index (χ2n) is 5.16. The fraction of sp³-hybridized carbons (Fsp3) is 0.400. The van der Waals surface area contributed by atoms with Crippen LogP contribution >= 0.6 is 0 Å². The van der Waals surface area contributed by atoms with E-state index in [-0.39, 0.29) is 0 Å². The van der Waals surface area contributed by atoms with Crippen molar-refractivity contribution in [3.8, 4) is 0 Å². The molecule has 0 spiro atoms. The van der Waals surface area contributed by atoms with Crippen molar-refractivity contribution in [1.82, 2.24) is 14.7 Å². The number of hydrogen-bond acceptors (Lipinski definition) is 3. The van der Waals surface area contributed by atoms with Crippen molar-refractivity contribution in [3.05, 3.63) is 52.8 Å². The molecule has 0 radical (unpaired) electrons. The first kappa shape index (κ1) is 12.4. The lowest BCUT2D eigenvalue weighted by atomic mass is 10.1. The average molecular weight is 256 g/mol. The Hall–Kier alpha value is -1.65. The summed E-state index contributed by atoms with van der Waals surface area (Å²) in [6.07, 6.45) is 0.877. The van der Waals surface area contributed by atoms with E-state index in [9.17, 15) is 0 Å². The molecule has 3 rings (SSSR count). The highest BCUT2D eigenvalue weighted by Gasteiger charge is 2.26. The predicted molar refractivity (Wildman–Crippen MR) is 75.4 cm³/mol. The predicted octanol–water partition coefficient (Wildman–Crippen LogP) is 1.44. The van der Waals surface area contributed by atoms with Gasteiger partial charge in [0.25, 0.3) is 0 Å². The maximum Gasteiger partial charge on any atom is 0.0685 e. The van der Waals surface area contributed by atoms with Gasteiger partial charge in [-0.2, -0.15) is 5.10 Å². The first-order valence-electron chi connectivity index (χ1n) is 6.78. The number of fused-ring (bicyclic) bond motifs is 1. The van der Waals surface area contributed by atoms with Gasteiger partial charge in [-0.05, 0) is 12.1 Å². The molecule has 0 bridgehead atoms. The van der Waals surface area contributed by atoms with Gasteiger partial charge >= 0.3 is 0 Å². The summed E-state index contributed by atoms with van der Waals surface area (Å²) in [6.45, 7) is 3.64. The molecule has 0 fully saturated rings. The Balaban J connectivity index is 1.75. The van der Waals surface area contributed by atoms with Crippen LogP contribution < -0.4 is 5.73 Å². The number of nitrogens with two attached hydrogens (primary N) is 1. The smallest absolute Gasteiger partial charge is 0.0685 e. The molecule has 2 N–H and O–H groups in total. The fourth-order valence-electron chi connectivity index (χ4n) is 2.83. The van der Waals surface area contributed by atoms with Gasteiger partial charge in [-0.1, -0.05) is 30.3 Å². The van der Waals surface area contributed by atoms with E-state index in [1.807, 2.05) is 11.7 Å². The lowest BCUT2D eigenvalue weighted by molar-refractivity contribution is 0.268. The molecule has 1 aliphatic heterocycles. The van der Waals surface area contributed by atoms with E-state index < -0.39 is 0 Å². The van der Waals surface area contributed by atoms with Crippen molar-refractivity contribution >= 4 is 0 Å². The highest BCUT2D eigenvalue weighted by atomic mass is 15.3. The summed E-state index contributed by atoms with van der Waals surface area (Å²) in [5.74, 6) is 0.